The van der Waals surface area contributed by atoms with Crippen LogP contribution in [0.3, 0.4) is 0 Å². The molecule has 0 atom stereocenters. The number of rotatable bonds is 2. The van der Waals surface area contributed by atoms with Crippen LogP contribution in [0.15, 0.2) is 18.3 Å². The minimum atomic E-state index is -4.48. The number of carbonyl (C=O) groups is 1. The molecule has 1 aromatic heterocycles. The van der Waals surface area contributed by atoms with Crippen molar-refractivity contribution >= 4 is 23.3 Å². The fourth-order valence-corrected chi connectivity index (χ4v) is 1.07. The lowest BCUT2D eigenvalue weighted by Gasteiger charge is -2.09. The Morgan fingerprint density at radius 3 is 2.71 bits per heavy atom. The minimum absolute atomic E-state index is 0.113. The number of pyridine rings is 1. The molecule has 0 saturated heterocycles. The van der Waals surface area contributed by atoms with Crippen molar-refractivity contribution in [3.05, 3.63) is 28.7 Å². The van der Waals surface area contributed by atoms with E-state index in [-0.39, 0.29) is 10.8 Å². The van der Waals surface area contributed by atoms with E-state index in [1.165, 1.54) is 6.07 Å². The first kappa shape index (κ1) is 13.4. The summed E-state index contributed by atoms with van der Waals surface area (Å²) in [6.45, 7) is -1.44. The highest BCUT2D eigenvalue weighted by atomic mass is 35.5. The average molecular weight is 270 g/mol. The number of amides is 2. The van der Waals surface area contributed by atoms with Gasteiger partial charge in [-0.2, -0.15) is 17.9 Å². The smallest absolute Gasteiger partial charge is 0.405 e. The van der Waals surface area contributed by atoms with E-state index in [0.29, 0.717) is 4.73 Å². The first-order valence-electron chi connectivity index (χ1n) is 4.28. The van der Waals surface area contributed by atoms with Gasteiger partial charge in [0.15, 0.2) is 6.20 Å². The Kier molecular flexibility index (Phi) is 4.00. The molecule has 5 nitrogen and oxygen atoms in total. The lowest BCUT2D eigenvalue weighted by Crippen LogP contribution is -2.37. The number of hydrogen-bond acceptors (Lipinski definition) is 2. The summed E-state index contributed by atoms with van der Waals surface area (Å²) in [5, 5.41) is 14.3. The second-order valence-corrected chi connectivity index (χ2v) is 3.37. The zero-order valence-electron chi connectivity index (χ0n) is 8.21. The zero-order valence-corrected chi connectivity index (χ0v) is 8.97. The number of aromatic nitrogens is 1. The summed E-state index contributed by atoms with van der Waals surface area (Å²) in [6, 6.07) is 1.27. The monoisotopic (exact) mass is 269 g/mol. The molecule has 94 valence electrons. The Balaban J connectivity index is 2.54. The molecule has 17 heavy (non-hydrogen) atoms. The molecule has 0 bridgehead atoms. The third kappa shape index (κ3) is 4.77. The van der Waals surface area contributed by atoms with Gasteiger partial charge in [-0.05, 0) is 11.6 Å². The summed E-state index contributed by atoms with van der Waals surface area (Å²) >= 11 is 5.45. The summed E-state index contributed by atoms with van der Waals surface area (Å²) in [5.41, 5.74) is 0.113. The van der Waals surface area contributed by atoms with Crippen LogP contribution in [0.1, 0.15) is 0 Å². The molecule has 0 spiro atoms. The molecule has 2 amide bonds. The zero-order chi connectivity index (χ0) is 13.1. The minimum Gasteiger partial charge on any atom is -0.618 e. The molecule has 0 radical (unpaired) electrons. The molecule has 0 unspecified atom stereocenters. The average Bonchev–Trinajstić information content (AvgIpc) is 2.20. The number of alkyl halides is 3. The molecule has 1 heterocycles. The summed E-state index contributed by atoms with van der Waals surface area (Å²) in [5.74, 6) is 0. The number of urea groups is 1. The van der Waals surface area contributed by atoms with Crippen molar-refractivity contribution < 1.29 is 22.7 Å². The van der Waals surface area contributed by atoms with Crippen molar-refractivity contribution in [3.8, 4) is 0 Å². The molecule has 0 fully saturated rings. The topological polar surface area (TPSA) is 68.1 Å². The Labute approximate surface area is 98.8 Å². The standard InChI is InChI=1S/C8H7ClF3N3O2/c9-6-3-5(1-2-15(6)17)14-7(16)13-4-8(10,11)12/h1-3H,4H2,(H2,13,14,16). The normalized spacial score (nSPS) is 11.1. The summed E-state index contributed by atoms with van der Waals surface area (Å²) in [6.07, 6.45) is -3.47. The predicted molar refractivity (Wildman–Crippen MR) is 53.5 cm³/mol. The van der Waals surface area contributed by atoms with Crippen molar-refractivity contribution in [1.82, 2.24) is 5.32 Å². The van der Waals surface area contributed by atoms with Crippen molar-refractivity contribution in [2.24, 2.45) is 0 Å². The van der Waals surface area contributed by atoms with Gasteiger partial charge in [0.05, 0.1) is 5.69 Å². The van der Waals surface area contributed by atoms with Crippen LogP contribution in [0.2, 0.25) is 5.15 Å². The van der Waals surface area contributed by atoms with E-state index < -0.39 is 18.8 Å². The van der Waals surface area contributed by atoms with Crippen LogP contribution in [0, 0.1) is 5.21 Å². The SMILES string of the molecule is O=C(NCC(F)(F)F)Nc1cc[n+]([O-])c(Cl)c1. The van der Waals surface area contributed by atoms with Gasteiger partial charge in [-0.3, -0.25) is 0 Å². The second kappa shape index (κ2) is 5.09. The van der Waals surface area contributed by atoms with Crippen LogP contribution in [-0.2, 0) is 0 Å². The van der Waals surface area contributed by atoms with E-state index in [9.17, 15) is 23.2 Å². The van der Waals surface area contributed by atoms with Gasteiger partial charge in [-0.15, -0.1) is 0 Å². The van der Waals surface area contributed by atoms with Crippen LogP contribution in [0.25, 0.3) is 0 Å². The molecular weight excluding hydrogens is 263 g/mol. The molecule has 2 N–H and O–H groups in total. The number of carbonyl (C=O) groups excluding carboxylic acids is 1. The van der Waals surface area contributed by atoms with E-state index in [4.69, 9.17) is 11.6 Å². The summed E-state index contributed by atoms with van der Waals surface area (Å²) < 4.78 is 35.6. The molecule has 0 aromatic carbocycles. The number of halogens is 4. The number of nitrogens with one attached hydrogen (secondary N) is 2. The molecule has 1 aromatic rings. The highest BCUT2D eigenvalue weighted by molar-refractivity contribution is 6.28. The third-order valence-electron chi connectivity index (χ3n) is 1.58. The van der Waals surface area contributed by atoms with Gasteiger partial charge in [-0.25, -0.2) is 4.79 Å². The first-order valence-corrected chi connectivity index (χ1v) is 4.66. The summed E-state index contributed by atoms with van der Waals surface area (Å²) in [4.78, 5) is 11.0. The quantitative estimate of drug-likeness (QED) is 0.487. The third-order valence-corrected chi connectivity index (χ3v) is 1.86. The maximum atomic E-state index is 11.8. The fraction of sp³-hybridized carbons (Fsp3) is 0.250. The Morgan fingerprint density at radius 1 is 1.53 bits per heavy atom. The molecule has 1 rings (SSSR count). The van der Waals surface area contributed by atoms with Crippen LogP contribution in [-0.4, -0.2) is 18.8 Å². The molecular formula is C8H7ClF3N3O2. The van der Waals surface area contributed by atoms with Crippen LogP contribution in [0.5, 0.6) is 0 Å². The molecule has 9 heteroatoms. The highest BCUT2D eigenvalue weighted by Gasteiger charge is 2.27. The largest absolute Gasteiger partial charge is 0.618 e. The molecule has 0 aliphatic carbocycles. The number of nitrogens with zero attached hydrogens (tertiary/aromatic N) is 1. The van der Waals surface area contributed by atoms with Crippen molar-refractivity contribution in [1.29, 1.82) is 0 Å². The van der Waals surface area contributed by atoms with Gasteiger partial charge >= 0.3 is 12.2 Å². The van der Waals surface area contributed by atoms with E-state index in [2.05, 4.69) is 5.32 Å². The van der Waals surface area contributed by atoms with Gasteiger partial charge in [-0.1, -0.05) is 0 Å². The fourth-order valence-electron chi connectivity index (χ4n) is 0.893. The summed E-state index contributed by atoms with van der Waals surface area (Å²) in [7, 11) is 0. The second-order valence-electron chi connectivity index (χ2n) is 2.99. The van der Waals surface area contributed by atoms with E-state index in [0.717, 1.165) is 12.3 Å². The van der Waals surface area contributed by atoms with Gasteiger partial charge in [0.1, 0.15) is 6.54 Å². The lowest BCUT2D eigenvalue weighted by molar-refractivity contribution is -0.602. The van der Waals surface area contributed by atoms with Crippen LogP contribution < -0.4 is 15.4 Å². The van der Waals surface area contributed by atoms with Crippen molar-refractivity contribution in [2.45, 2.75) is 6.18 Å². The molecule has 0 aliphatic rings. The number of hydrogen-bond donors (Lipinski definition) is 2. The van der Waals surface area contributed by atoms with Gasteiger partial charge < -0.3 is 15.8 Å². The maximum Gasteiger partial charge on any atom is 0.405 e. The number of anilines is 1. The Bertz CT molecular complexity index is 425. The van der Waals surface area contributed by atoms with Crippen LogP contribution in [0.4, 0.5) is 23.7 Å². The van der Waals surface area contributed by atoms with Crippen molar-refractivity contribution in [3.63, 3.8) is 0 Å². The van der Waals surface area contributed by atoms with E-state index >= 15 is 0 Å². The highest BCUT2D eigenvalue weighted by Crippen LogP contribution is 2.13. The Hall–Kier alpha value is -1.70. The Morgan fingerprint density at radius 2 is 2.18 bits per heavy atom. The molecule has 0 aliphatic heterocycles. The van der Waals surface area contributed by atoms with Crippen molar-refractivity contribution in [2.75, 3.05) is 11.9 Å². The van der Waals surface area contributed by atoms with E-state index in [1.54, 1.807) is 5.32 Å². The van der Waals surface area contributed by atoms with Gasteiger partial charge in [0.2, 0.25) is 0 Å². The maximum absolute atomic E-state index is 11.8. The first-order chi connectivity index (χ1) is 7.78. The van der Waals surface area contributed by atoms with Crippen LogP contribution >= 0.6 is 11.6 Å². The van der Waals surface area contributed by atoms with E-state index in [1.807, 2.05) is 0 Å². The molecule has 0 saturated carbocycles. The van der Waals surface area contributed by atoms with Gasteiger partial charge in [0.25, 0.3) is 5.15 Å². The van der Waals surface area contributed by atoms with Gasteiger partial charge in [0, 0.05) is 12.1 Å². The lowest BCUT2D eigenvalue weighted by atomic mass is 10.4. The predicted octanol–water partition coefficient (Wildman–Crippen LogP) is 1.66.